The molecule has 4 nitrogen and oxygen atoms in total. The smallest absolute Gasteiger partial charge is 0.384 e. The molecule has 0 aromatic rings. The average molecular weight is 225 g/mol. The highest BCUT2D eigenvalue weighted by Crippen LogP contribution is 2.02. The van der Waals surface area contributed by atoms with Crippen LogP contribution >= 0.6 is 23.2 Å². The summed E-state index contributed by atoms with van der Waals surface area (Å²) in [6, 6.07) is 0. The van der Waals surface area contributed by atoms with Gasteiger partial charge in [0, 0.05) is 5.92 Å². The zero-order valence-corrected chi connectivity index (χ0v) is 8.19. The molecule has 0 atom stereocenters. The van der Waals surface area contributed by atoms with Gasteiger partial charge in [-0.2, -0.15) is 0 Å². The summed E-state index contributed by atoms with van der Waals surface area (Å²) in [5, 5.41) is 0. The number of halogens is 2. The molecule has 0 fully saturated rings. The van der Waals surface area contributed by atoms with E-state index in [0.717, 1.165) is 0 Å². The molecule has 0 saturated carbocycles. The summed E-state index contributed by atoms with van der Waals surface area (Å²) in [6.07, 6.45) is 0. The van der Waals surface area contributed by atoms with Crippen LogP contribution in [0.3, 0.4) is 0 Å². The monoisotopic (exact) mass is 224 g/mol. The van der Waals surface area contributed by atoms with Gasteiger partial charge in [-0.1, -0.05) is 23.2 Å². The van der Waals surface area contributed by atoms with Gasteiger partial charge in [0.2, 0.25) is 4.84 Å². The molecule has 0 amide bonds. The normalized spacial score (nSPS) is 8.62. The number of alkyl halides is 2. The van der Waals surface area contributed by atoms with E-state index in [-0.39, 0.29) is 6.61 Å². The maximum absolute atomic E-state index is 10.6. The molecule has 0 bridgehead atoms. The molecule has 0 unspecified atom stereocenters. The Morgan fingerprint density at radius 1 is 1.46 bits per heavy atom. The summed E-state index contributed by atoms with van der Waals surface area (Å²) in [4.78, 5) is 19.8. The maximum Gasteiger partial charge on any atom is 0.384 e. The Bertz CT molecular complexity index is 251. The Balaban J connectivity index is 3.71. The molecule has 6 heteroatoms. The number of carbonyl (C=O) groups excluding carboxylic acids is 2. The molecule has 0 spiro atoms. The topological polar surface area (TPSA) is 52.6 Å². The van der Waals surface area contributed by atoms with Crippen molar-refractivity contribution >= 4 is 35.1 Å². The van der Waals surface area contributed by atoms with Crippen molar-refractivity contribution in [3.8, 4) is 11.8 Å². The second kappa shape index (κ2) is 6.58. The molecule has 0 N–H and O–H groups in total. The molecule has 0 saturated heterocycles. The predicted octanol–water partition coefficient (Wildman–Crippen LogP) is 0.510. The zero-order valence-electron chi connectivity index (χ0n) is 6.67. The lowest BCUT2D eigenvalue weighted by molar-refractivity contribution is -0.140. The fraction of sp³-hybridized carbons (Fsp3) is 0.429. The van der Waals surface area contributed by atoms with Crippen LogP contribution < -0.4 is 0 Å². The standard InChI is InChI=1S/C7H6Cl2O4/c1-12-5(10)3-2-4-13-7(11)6(8)9/h6H,4H2,1H3. The maximum atomic E-state index is 10.6. The molecule has 0 aliphatic carbocycles. The number of hydrogen-bond acceptors (Lipinski definition) is 4. The highest BCUT2D eigenvalue weighted by molar-refractivity contribution is 6.52. The predicted molar refractivity (Wildman–Crippen MR) is 46.2 cm³/mol. The second-order valence-electron chi connectivity index (χ2n) is 1.70. The van der Waals surface area contributed by atoms with Crippen molar-refractivity contribution in [2.45, 2.75) is 4.84 Å². The van der Waals surface area contributed by atoms with Gasteiger partial charge in [0.25, 0.3) is 0 Å². The van der Waals surface area contributed by atoms with Crippen LogP contribution in [0.15, 0.2) is 0 Å². The fourth-order valence-electron chi connectivity index (χ4n) is 0.329. The molecule has 0 aliphatic rings. The first-order chi connectivity index (χ1) is 6.07. The van der Waals surface area contributed by atoms with Gasteiger partial charge >= 0.3 is 11.9 Å². The molecule has 0 aliphatic heterocycles. The Hall–Kier alpha value is -0.920. The zero-order chi connectivity index (χ0) is 10.3. The summed E-state index contributed by atoms with van der Waals surface area (Å²) in [5.41, 5.74) is 0. The van der Waals surface area contributed by atoms with Crippen molar-refractivity contribution in [1.82, 2.24) is 0 Å². The van der Waals surface area contributed by atoms with Gasteiger partial charge in [0.15, 0.2) is 6.61 Å². The van der Waals surface area contributed by atoms with Gasteiger partial charge in [0.1, 0.15) is 0 Å². The number of carbonyl (C=O) groups is 2. The molecule has 72 valence electrons. The van der Waals surface area contributed by atoms with Crippen molar-refractivity contribution in [3.63, 3.8) is 0 Å². The van der Waals surface area contributed by atoms with E-state index in [9.17, 15) is 9.59 Å². The summed E-state index contributed by atoms with van der Waals surface area (Å²) in [5.74, 6) is 2.78. The number of hydrogen-bond donors (Lipinski definition) is 0. The molecule has 0 aromatic carbocycles. The second-order valence-corrected chi connectivity index (χ2v) is 2.80. The van der Waals surface area contributed by atoms with E-state index in [1.807, 2.05) is 0 Å². The fourth-order valence-corrected chi connectivity index (χ4v) is 0.455. The molecule has 0 aromatic heterocycles. The lowest BCUT2D eigenvalue weighted by atomic mass is 10.6. The van der Waals surface area contributed by atoms with Crippen molar-refractivity contribution in [2.75, 3.05) is 13.7 Å². The minimum Gasteiger partial charge on any atom is -0.459 e. The summed E-state index contributed by atoms with van der Waals surface area (Å²) in [6.45, 7) is -0.246. The van der Waals surface area contributed by atoms with E-state index >= 15 is 0 Å². The Kier molecular flexibility index (Phi) is 6.11. The highest BCUT2D eigenvalue weighted by atomic mass is 35.5. The number of ether oxygens (including phenoxy) is 2. The molecular formula is C7H6Cl2O4. The number of methoxy groups -OCH3 is 1. The van der Waals surface area contributed by atoms with Crippen LogP contribution in [-0.2, 0) is 19.1 Å². The highest BCUT2D eigenvalue weighted by Gasteiger charge is 2.11. The van der Waals surface area contributed by atoms with Crippen LogP contribution in [0, 0.1) is 11.8 Å². The molecule has 0 radical (unpaired) electrons. The first-order valence-corrected chi connectivity index (χ1v) is 3.96. The van der Waals surface area contributed by atoms with Gasteiger partial charge in [-0.3, -0.25) is 0 Å². The lowest BCUT2D eigenvalue weighted by Gasteiger charge is -1.98. The largest absolute Gasteiger partial charge is 0.459 e. The Morgan fingerprint density at radius 2 is 2.08 bits per heavy atom. The van der Waals surface area contributed by atoms with Gasteiger partial charge in [-0.05, 0) is 5.92 Å². The van der Waals surface area contributed by atoms with Crippen LogP contribution in [0.2, 0.25) is 0 Å². The van der Waals surface area contributed by atoms with E-state index in [4.69, 9.17) is 23.2 Å². The van der Waals surface area contributed by atoms with E-state index in [1.54, 1.807) is 0 Å². The Morgan fingerprint density at radius 3 is 2.54 bits per heavy atom. The first kappa shape index (κ1) is 12.1. The third kappa shape index (κ3) is 6.26. The number of rotatable bonds is 2. The first-order valence-electron chi connectivity index (χ1n) is 3.09. The summed E-state index contributed by atoms with van der Waals surface area (Å²) in [7, 11) is 1.19. The minimum atomic E-state index is -1.24. The van der Waals surface area contributed by atoms with Crippen molar-refractivity contribution in [3.05, 3.63) is 0 Å². The van der Waals surface area contributed by atoms with Crippen LogP contribution in [-0.4, -0.2) is 30.5 Å². The summed E-state index contributed by atoms with van der Waals surface area (Å²) >= 11 is 10.3. The average Bonchev–Trinajstić information content (AvgIpc) is 2.11. The third-order valence-electron chi connectivity index (χ3n) is 0.841. The van der Waals surface area contributed by atoms with Gasteiger partial charge in [-0.15, -0.1) is 0 Å². The van der Waals surface area contributed by atoms with Gasteiger partial charge < -0.3 is 9.47 Å². The van der Waals surface area contributed by atoms with Crippen LogP contribution in [0.25, 0.3) is 0 Å². The molecule has 0 rings (SSSR count). The van der Waals surface area contributed by atoms with E-state index in [1.165, 1.54) is 7.11 Å². The molecule has 13 heavy (non-hydrogen) atoms. The van der Waals surface area contributed by atoms with E-state index in [0.29, 0.717) is 0 Å². The van der Waals surface area contributed by atoms with Crippen LogP contribution in [0.4, 0.5) is 0 Å². The lowest BCUT2D eigenvalue weighted by Crippen LogP contribution is -2.12. The van der Waals surface area contributed by atoms with Gasteiger partial charge in [0.05, 0.1) is 7.11 Å². The Labute approximate surface area is 85.1 Å². The minimum absolute atomic E-state index is 0.246. The quantitative estimate of drug-likeness (QED) is 0.297. The van der Waals surface area contributed by atoms with Gasteiger partial charge in [-0.25, -0.2) is 9.59 Å². The van der Waals surface area contributed by atoms with Crippen LogP contribution in [0.1, 0.15) is 0 Å². The number of esters is 2. The van der Waals surface area contributed by atoms with Crippen molar-refractivity contribution < 1.29 is 19.1 Å². The van der Waals surface area contributed by atoms with Crippen molar-refractivity contribution in [2.24, 2.45) is 0 Å². The van der Waals surface area contributed by atoms with E-state index < -0.39 is 16.8 Å². The third-order valence-corrected chi connectivity index (χ3v) is 1.20. The van der Waals surface area contributed by atoms with Crippen LogP contribution in [0.5, 0.6) is 0 Å². The van der Waals surface area contributed by atoms with Crippen molar-refractivity contribution in [1.29, 1.82) is 0 Å². The molecule has 0 heterocycles. The summed E-state index contributed by atoms with van der Waals surface area (Å²) < 4.78 is 8.61. The molecular weight excluding hydrogens is 219 g/mol. The SMILES string of the molecule is COC(=O)C#CCOC(=O)C(Cl)Cl. The van der Waals surface area contributed by atoms with E-state index in [2.05, 4.69) is 21.3 Å².